The molecule has 0 radical (unpaired) electrons. The molecule has 26 heavy (non-hydrogen) atoms. The van der Waals surface area contributed by atoms with E-state index in [-0.39, 0.29) is 11.6 Å². The molecule has 0 aliphatic rings. The van der Waals surface area contributed by atoms with Gasteiger partial charge in [0.25, 0.3) is 0 Å². The largest absolute Gasteiger partial charge is 0.379 e. The zero-order chi connectivity index (χ0) is 19.5. The zero-order valence-electron chi connectivity index (χ0n) is 15.8. The summed E-state index contributed by atoms with van der Waals surface area (Å²) in [5.41, 5.74) is 0.554. The molecule has 0 aliphatic carbocycles. The molecule has 0 aromatic carbocycles. The van der Waals surface area contributed by atoms with Crippen LogP contribution in [-0.2, 0) is 33.3 Å². The van der Waals surface area contributed by atoms with Gasteiger partial charge in [0, 0.05) is 12.8 Å². The summed E-state index contributed by atoms with van der Waals surface area (Å²) in [6.45, 7) is 13.2. The Balaban J connectivity index is 3.11. The average molecular weight is 372 g/mol. The van der Waals surface area contributed by atoms with Crippen molar-refractivity contribution in [3.8, 4) is 0 Å². The van der Waals surface area contributed by atoms with E-state index in [0.717, 1.165) is 0 Å². The molecule has 0 heterocycles. The number of ether oxygens (including phenoxy) is 5. The van der Waals surface area contributed by atoms with Crippen molar-refractivity contribution in [1.29, 1.82) is 0 Å². The second kappa shape index (κ2) is 18.4. The number of hydrogen-bond donors (Lipinski definition) is 0. The third-order valence-electron chi connectivity index (χ3n) is 3.16. The summed E-state index contributed by atoms with van der Waals surface area (Å²) >= 11 is 0. The van der Waals surface area contributed by atoms with Crippen LogP contribution in [0.2, 0.25) is 0 Å². The Bertz CT molecular complexity index is 407. The Morgan fingerprint density at radius 2 is 1.04 bits per heavy atom. The topological polar surface area (TPSA) is 80.3 Å². The fourth-order valence-electron chi connectivity index (χ4n) is 1.63. The van der Waals surface area contributed by atoms with Crippen LogP contribution in [-0.4, -0.2) is 77.6 Å². The van der Waals surface area contributed by atoms with Gasteiger partial charge in [-0.2, -0.15) is 0 Å². The molecule has 0 saturated heterocycles. The standard InChI is InChI=1S/C19H32O7/c1-4-18(20)5-7-22-9-11-24-13-15-26-16-14-25-12-10-23-8-6-19(21)17(2)3/h4H,1-2,5-16H2,3H3. The van der Waals surface area contributed by atoms with Crippen LogP contribution in [0.15, 0.2) is 24.8 Å². The maximum atomic E-state index is 11.3. The van der Waals surface area contributed by atoms with Crippen LogP contribution in [0.5, 0.6) is 0 Å². The average Bonchev–Trinajstić information content (AvgIpc) is 2.63. The number of rotatable bonds is 20. The first-order valence-corrected chi connectivity index (χ1v) is 8.80. The van der Waals surface area contributed by atoms with Crippen molar-refractivity contribution in [3.63, 3.8) is 0 Å². The van der Waals surface area contributed by atoms with Gasteiger partial charge in [0.15, 0.2) is 11.6 Å². The van der Waals surface area contributed by atoms with Crippen molar-refractivity contribution in [3.05, 3.63) is 24.8 Å². The first kappa shape index (κ1) is 24.6. The molecule has 0 bridgehead atoms. The molecule has 0 aromatic heterocycles. The molecule has 0 aliphatic heterocycles. The lowest BCUT2D eigenvalue weighted by molar-refractivity contribution is -0.117. The second-order valence-corrected chi connectivity index (χ2v) is 5.44. The number of carbonyl (C=O) groups is 2. The van der Waals surface area contributed by atoms with Crippen LogP contribution in [0, 0.1) is 0 Å². The zero-order valence-corrected chi connectivity index (χ0v) is 15.8. The Morgan fingerprint density at radius 1 is 0.692 bits per heavy atom. The highest BCUT2D eigenvalue weighted by Crippen LogP contribution is 1.95. The first-order chi connectivity index (χ1) is 12.6. The Kier molecular flexibility index (Phi) is 17.4. The molecule has 0 amide bonds. The van der Waals surface area contributed by atoms with Crippen molar-refractivity contribution < 1.29 is 33.3 Å². The summed E-state index contributed by atoms with van der Waals surface area (Å²) in [6.07, 6.45) is 2.00. The van der Waals surface area contributed by atoms with Gasteiger partial charge in [-0.15, -0.1) is 0 Å². The molecular weight excluding hydrogens is 340 g/mol. The van der Waals surface area contributed by atoms with Crippen LogP contribution in [0.25, 0.3) is 0 Å². The van der Waals surface area contributed by atoms with Gasteiger partial charge in [0.2, 0.25) is 0 Å². The summed E-state index contributed by atoms with van der Waals surface area (Å²) in [6, 6.07) is 0. The van der Waals surface area contributed by atoms with Crippen molar-refractivity contribution in [2.24, 2.45) is 0 Å². The van der Waals surface area contributed by atoms with Crippen molar-refractivity contribution in [1.82, 2.24) is 0 Å². The molecule has 7 heteroatoms. The maximum absolute atomic E-state index is 11.3. The molecule has 0 atom stereocenters. The van der Waals surface area contributed by atoms with Crippen LogP contribution in [0.1, 0.15) is 19.8 Å². The predicted octanol–water partition coefficient (Wildman–Crippen LogP) is 1.75. The second-order valence-electron chi connectivity index (χ2n) is 5.44. The highest BCUT2D eigenvalue weighted by Gasteiger charge is 2.01. The van der Waals surface area contributed by atoms with Crippen LogP contribution in [0.3, 0.4) is 0 Å². The van der Waals surface area contributed by atoms with E-state index in [1.807, 2.05) is 0 Å². The normalized spacial score (nSPS) is 10.7. The van der Waals surface area contributed by atoms with E-state index in [4.69, 9.17) is 23.7 Å². The Hall–Kier alpha value is -1.38. The minimum Gasteiger partial charge on any atom is -0.379 e. The molecule has 0 saturated carbocycles. The predicted molar refractivity (Wildman–Crippen MR) is 98.4 cm³/mol. The summed E-state index contributed by atoms with van der Waals surface area (Å²) in [7, 11) is 0. The Morgan fingerprint density at radius 3 is 1.38 bits per heavy atom. The van der Waals surface area contributed by atoms with Gasteiger partial charge in [-0.25, -0.2) is 0 Å². The fraction of sp³-hybridized carbons (Fsp3) is 0.684. The van der Waals surface area contributed by atoms with Crippen molar-refractivity contribution in [2.75, 3.05) is 66.1 Å². The van der Waals surface area contributed by atoms with Crippen LogP contribution >= 0.6 is 0 Å². The molecular formula is C19H32O7. The molecule has 7 nitrogen and oxygen atoms in total. The highest BCUT2D eigenvalue weighted by atomic mass is 16.6. The lowest BCUT2D eigenvalue weighted by Gasteiger charge is -2.07. The van der Waals surface area contributed by atoms with Gasteiger partial charge >= 0.3 is 0 Å². The van der Waals surface area contributed by atoms with Crippen molar-refractivity contribution in [2.45, 2.75) is 19.8 Å². The molecule has 0 fully saturated rings. The molecule has 0 aromatic rings. The number of ketones is 2. The quantitative estimate of drug-likeness (QED) is 0.238. The van der Waals surface area contributed by atoms with E-state index in [9.17, 15) is 9.59 Å². The van der Waals surface area contributed by atoms with Gasteiger partial charge in [-0.1, -0.05) is 13.2 Å². The summed E-state index contributed by atoms with van der Waals surface area (Å²) < 4.78 is 26.5. The van der Waals surface area contributed by atoms with Crippen molar-refractivity contribution >= 4 is 11.6 Å². The molecule has 0 N–H and O–H groups in total. The van der Waals surface area contributed by atoms with Crippen LogP contribution in [0.4, 0.5) is 0 Å². The van der Waals surface area contributed by atoms with Gasteiger partial charge in [0.1, 0.15) is 0 Å². The van der Waals surface area contributed by atoms with Gasteiger partial charge in [0.05, 0.1) is 66.1 Å². The van der Waals surface area contributed by atoms with E-state index in [1.165, 1.54) is 6.08 Å². The lowest BCUT2D eigenvalue weighted by Crippen LogP contribution is -2.14. The minimum atomic E-state index is -0.0222. The van der Waals surface area contributed by atoms with Gasteiger partial charge in [-0.3, -0.25) is 9.59 Å². The van der Waals surface area contributed by atoms with Gasteiger partial charge in [-0.05, 0) is 18.6 Å². The smallest absolute Gasteiger partial charge is 0.160 e. The summed E-state index contributed by atoms with van der Waals surface area (Å²) in [4.78, 5) is 22.2. The first-order valence-electron chi connectivity index (χ1n) is 8.80. The van der Waals surface area contributed by atoms with Crippen LogP contribution < -0.4 is 0 Å². The molecule has 0 spiro atoms. The summed E-state index contributed by atoms with van der Waals surface area (Å²) in [5.74, 6) is 0.00174. The molecule has 0 unspecified atom stereocenters. The number of Topliss-reactive ketones (excluding diaryl/α,β-unsaturated/α-hetero) is 1. The molecule has 0 rings (SSSR count). The van der Waals surface area contributed by atoms with E-state index in [1.54, 1.807) is 6.92 Å². The van der Waals surface area contributed by atoms with E-state index >= 15 is 0 Å². The number of carbonyl (C=O) groups excluding carboxylic acids is 2. The third-order valence-corrected chi connectivity index (χ3v) is 3.16. The highest BCUT2D eigenvalue weighted by molar-refractivity contribution is 5.94. The fourth-order valence-corrected chi connectivity index (χ4v) is 1.63. The van der Waals surface area contributed by atoms with Gasteiger partial charge < -0.3 is 23.7 Å². The van der Waals surface area contributed by atoms with E-state index < -0.39 is 0 Å². The van der Waals surface area contributed by atoms with E-state index in [0.29, 0.717) is 84.5 Å². The minimum absolute atomic E-state index is 0.0222. The molecule has 150 valence electrons. The SMILES string of the molecule is C=CC(=O)CCOCCOCCOCCOCCOCCC(=O)C(=C)C. The Labute approximate surface area is 156 Å². The third kappa shape index (κ3) is 17.4. The number of hydrogen-bond acceptors (Lipinski definition) is 7. The maximum Gasteiger partial charge on any atom is 0.160 e. The monoisotopic (exact) mass is 372 g/mol. The van der Waals surface area contributed by atoms with E-state index in [2.05, 4.69) is 13.2 Å². The lowest BCUT2D eigenvalue weighted by atomic mass is 10.2. The number of allylic oxidation sites excluding steroid dienone is 2. The summed E-state index contributed by atoms with van der Waals surface area (Å²) in [5, 5.41) is 0.